The average Bonchev–Trinajstić information content (AvgIpc) is 2.44. The predicted octanol–water partition coefficient (Wildman–Crippen LogP) is 1.94. The number of hydrogen-bond donors (Lipinski definition) is 1. The Balaban J connectivity index is 2.27. The van der Waals surface area contributed by atoms with Gasteiger partial charge in [0.25, 0.3) is 0 Å². The Hall–Kier alpha value is -1.75. The van der Waals surface area contributed by atoms with E-state index in [-0.39, 0.29) is 5.91 Å². The summed E-state index contributed by atoms with van der Waals surface area (Å²) in [6.07, 6.45) is 1.68. The molecule has 1 saturated heterocycles. The first-order chi connectivity index (χ1) is 9.67. The molecule has 1 aromatic rings. The van der Waals surface area contributed by atoms with Crippen molar-refractivity contribution in [2.75, 3.05) is 24.7 Å². The fraction of sp³-hybridized carbons (Fsp3) is 0.533. The molecule has 1 atom stereocenters. The van der Waals surface area contributed by atoms with Crippen LogP contribution in [0.4, 0.5) is 5.69 Å². The van der Waals surface area contributed by atoms with E-state index in [0.29, 0.717) is 31.3 Å². The third-order valence-electron chi connectivity index (χ3n) is 3.32. The monoisotopic (exact) mass is 278 g/mol. The van der Waals surface area contributed by atoms with Crippen molar-refractivity contribution in [2.24, 2.45) is 5.73 Å². The van der Waals surface area contributed by atoms with E-state index >= 15 is 0 Å². The van der Waals surface area contributed by atoms with Crippen LogP contribution >= 0.6 is 0 Å². The van der Waals surface area contributed by atoms with Gasteiger partial charge in [-0.1, -0.05) is 0 Å². The van der Waals surface area contributed by atoms with Crippen LogP contribution in [0, 0.1) is 0 Å². The van der Waals surface area contributed by atoms with Crippen molar-refractivity contribution in [2.45, 2.75) is 32.7 Å². The number of benzene rings is 1. The Kier molecular flexibility index (Phi) is 4.84. The minimum atomic E-state index is -0.397. The highest BCUT2D eigenvalue weighted by Crippen LogP contribution is 2.33. The summed E-state index contributed by atoms with van der Waals surface area (Å²) >= 11 is 0. The number of nitrogens with two attached hydrogens (primary N) is 1. The number of nitrogens with zero attached hydrogens (tertiary/aromatic N) is 1. The molecule has 1 unspecified atom stereocenters. The molecule has 0 bridgehead atoms. The molecule has 20 heavy (non-hydrogen) atoms. The lowest BCUT2D eigenvalue weighted by Crippen LogP contribution is -2.48. The molecule has 0 aliphatic carbocycles. The van der Waals surface area contributed by atoms with Gasteiger partial charge in [-0.05, 0) is 38.8 Å². The van der Waals surface area contributed by atoms with Crippen LogP contribution in [0.25, 0.3) is 0 Å². The molecule has 1 amide bonds. The van der Waals surface area contributed by atoms with Gasteiger partial charge in [0.15, 0.2) is 11.5 Å². The predicted molar refractivity (Wildman–Crippen MR) is 78.3 cm³/mol. The molecule has 1 heterocycles. The quantitative estimate of drug-likeness (QED) is 0.894. The molecule has 5 nitrogen and oxygen atoms in total. The van der Waals surface area contributed by atoms with E-state index in [2.05, 4.69) is 0 Å². The molecule has 0 saturated carbocycles. The summed E-state index contributed by atoms with van der Waals surface area (Å²) in [4.78, 5) is 13.9. The van der Waals surface area contributed by atoms with Crippen molar-refractivity contribution in [3.8, 4) is 11.5 Å². The fourth-order valence-electron chi connectivity index (χ4n) is 2.37. The molecular weight excluding hydrogens is 256 g/mol. The number of ether oxygens (including phenoxy) is 2. The maximum atomic E-state index is 12.1. The van der Waals surface area contributed by atoms with Gasteiger partial charge in [-0.15, -0.1) is 0 Å². The van der Waals surface area contributed by atoms with Gasteiger partial charge >= 0.3 is 0 Å². The van der Waals surface area contributed by atoms with Crippen LogP contribution in [0.1, 0.15) is 26.7 Å². The Labute approximate surface area is 119 Å². The smallest absolute Gasteiger partial charge is 0.243 e. The number of anilines is 1. The second-order valence-corrected chi connectivity index (χ2v) is 4.74. The van der Waals surface area contributed by atoms with Crippen molar-refractivity contribution < 1.29 is 14.3 Å². The van der Waals surface area contributed by atoms with Crippen LogP contribution in [0.3, 0.4) is 0 Å². The summed E-state index contributed by atoms with van der Waals surface area (Å²) in [6, 6.07) is 5.18. The first-order valence-electron chi connectivity index (χ1n) is 7.14. The summed E-state index contributed by atoms with van der Waals surface area (Å²) in [7, 11) is 0. The van der Waals surface area contributed by atoms with Crippen molar-refractivity contribution in [1.82, 2.24) is 0 Å². The van der Waals surface area contributed by atoms with Crippen LogP contribution in [0.2, 0.25) is 0 Å². The molecule has 2 rings (SSSR count). The zero-order valence-corrected chi connectivity index (χ0v) is 12.1. The number of carbonyl (C=O) groups is 1. The molecule has 110 valence electrons. The van der Waals surface area contributed by atoms with E-state index in [0.717, 1.165) is 18.5 Å². The van der Waals surface area contributed by atoms with Gasteiger partial charge < -0.3 is 20.1 Å². The van der Waals surface area contributed by atoms with Gasteiger partial charge in [-0.25, -0.2) is 0 Å². The zero-order chi connectivity index (χ0) is 14.5. The maximum Gasteiger partial charge on any atom is 0.243 e. The third-order valence-corrected chi connectivity index (χ3v) is 3.32. The summed E-state index contributed by atoms with van der Waals surface area (Å²) in [6.45, 7) is 5.68. The van der Waals surface area contributed by atoms with Gasteiger partial charge in [-0.3, -0.25) is 4.79 Å². The van der Waals surface area contributed by atoms with Gasteiger partial charge in [0.2, 0.25) is 5.91 Å². The van der Waals surface area contributed by atoms with Gasteiger partial charge in [-0.2, -0.15) is 0 Å². The molecule has 1 aromatic carbocycles. The Morgan fingerprint density at radius 1 is 1.25 bits per heavy atom. The van der Waals surface area contributed by atoms with E-state index in [1.165, 1.54) is 0 Å². The zero-order valence-electron chi connectivity index (χ0n) is 12.1. The van der Waals surface area contributed by atoms with E-state index < -0.39 is 6.04 Å². The first-order valence-corrected chi connectivity index (χ1v) is 7.14. The standard InChI is InChI=1S/C15H22N2O3/c1-3-19-13-8-7-11(10-14(13)20-4-2)17-9-5-6-12(16)15(17)18/h7-8,10,12H,3-6,9,16H2,1-2H3. The molecule has 0 aromatic heterocycles. The highest BCUT2D eigenvalue weighted by atomic mass is 16.5. The molecule has 0 spiro atoms. The molecule has 2 N–H and O–H groups in total. The molecular formula is C15H22N2O3. The largest absolute Gasteiger partial charge is 0.490 e. The third kappa shape index (κ3) is 3.04. The Morgan fingerprint density at radius 2 is 1.95 bits per heavy atom. The first kappa shape index (κ1) is 14.7. The molecule has 1 fully saturated rings. The van der Waals surface area contributed by atoms with Gasteiger partial charge in [0, 0.05) is 18.3 Å². The minimum Gasteiger partial charge on any atom is -0.490 e. The van der Waals surface area contributed by atoms with Crippen LogP contribution < -0.4 is 20.1 Å². The summed E-state index contributed by atoms with van der Waals surface area (Å²) in [5.74, 6) is 1.34. The van der Waals surface area contributed by atoms with Gasteiger partial charge in [0.05, 0.1) is 19.3 Å². The second kappa shape index (κ2) is 6.61. The SMILES string of the molecule is CCOc1ccc(N2CCCC(N)C2=O)cc1OCC. The number of rotatable bonds is 5. The molecule has 1 aliphatic rings. The van der Waals surface area contributed by atoms with E-state index in [1.807, 2.05) is 32.0 Å². The highest BCUT2D eigenvalue weighted by molar-refractivity contribution is 5.98. The van der Waals surface area contributed by atoms with E-state index in [1.54, 1.807) is 4.90 Å². The number of amides is 1. The second-order valence-electron chi connectivity index (χ2n) is 4.74. The Bertz CT molecular complexity index is 476. The van der Waals surface area contributed by atoms with Crippen LogP contribution in [-0.2, 0) is 4.79 Å². The lowest BCUT2D eigenvalue weighted by Gasteiger charge is -2.30. The number of carbonyl (C=O) groups excluding carboxylic acids is 1. The lowest BCUT2D eigenvalue weighted by atomic mass is 10.0. The minimum absolute atomic E-state index is 0.0251. The van der Waals surface area contributed by atoms with Crippen molar-refractivity contribution >= 4 is 11.6 Å². The van der Waals surface area contributed by atoms with Crippen LogP contribution in [0.5, 0.6) is 11.5 Å². The van der Waals surface area contributed by atoms with Crippen LogP contribution in [0.15, 0.2) is 18.2 Å². The topological polar surface area (TPSA) is 64.8 Å². The van der Waals surface area contributed by atoms with Crippen molar-refractivity contribution in [3.63, 3.8) is 0 Å². The summed E-state index contributed by atoms with van der Waals surface area (Å²) in [5.41, 5.74) is 6.65. The molecule has 0 radical (unpaired) electrons. The number of hydrogen-bond acceptors (Lipinski definition) is 4. The summed E-state index contributed by atoms with van der Waals surface area (Å²) in [5, 5.41) is 0. The van der Waals surface area contributed by atoms with Crippen molar-refractivity contribution in [3.05, 3.63) is 18.2 Å². The van der Waals surface area contributed by atoms with Crippen molar-refractivity contribution in [1.29, 1.82) is 0 Å². The summed E-state index contributed by atoms with van der Waals surface area (Å²) < 4.78 is 11.1. The van der Waals surface area contributed by atoms with Gasteiger partial charge in [0.1, 0.15) is 0 Å². The average molecular weight is 278 g/mol. The fourth-order valence-corrected chi connectivity index (χ4v) is 2.37. The Morgan fingerprint density at radius 3 is 2.65 bits per heavy atom. The van der Waals surface area contributed by atoms with Crippen LogP contribution in [-0.4, -0.2) is 31.7 Å². The highest BCUT2D eigenvalue weighted by Gasteiger charge is 2.27. The molecule has 1 aliphatic heterocycles. The van der Waals surface area contributed by atoms with E-state index in [9.17, 15) is 4.79 Å². The number of piperidine rings is 1. The van der Waals surface area contributed by atoms with E-state index in [4.69, 9.17) is 15.2 Å². The lowest BCUT2D eigenvalue weighted by molar-refractivity contribution is -0.120. The maximum absolute atomic E-state index is 12.1. The molecule has 5 heteroatoms. The normalized spacial score (nSPS) is 19.1.